The maximum Gasteiger partial charge on any atom is 0.342 e. The maximum atomic E-state index is 12.5. The van der Waals surface area contributed by atoms with Crippen LogP contribution in [0.5, 0.6) is 5.75 Å². The van der Waals surface area contributed by atoms with Crippen molar-refractivity contribution in [1.82, 2.24) is 0 Å². The molecule has 0 atom stereocenters. The third-order valence-corrected chi connectivity index (χ3v) is 4.65. The summed E-state index contributed by atoms with van der Waals surface area (Å²) in [5, 5.41) is 2.31. The minimum Gasteiger partial charge on any atom is -0.496 e. The third kappa shape index (κ3) is 3.98. The number of carbonyl (C=O) groups is 1. The molecule has 1 fully saturated rings. The van der Waals surface area contributed by atoms with Gasteiger partial charge in [0.05, 0.1) is 20.2 Å². The standard InChI is InChI=1S/C16H22BrNO3/c1-16(2,11-6-8-18-9-7-11)21-15(19)13-10-12(17)4-5-14(13)20-3/h4-5,10-11,18H,6-9H2,1-3H3/p+1. The summed E-state index contributed by atoms with van der Waals surface area (Å²) >= 11 is 3.38. The van der Waals surface area contributed by atoms with Crippen molar-refractivity contribution in [3.63, 3.8) is 0 Å². The van der Waals surface area contributed by atoms with Crippen molar-refractivity contribution in [3.8, 4) is 5.75 Å². The van der Waals surface area contributed by atoms with Crippen molar-refractivity contribution < 1.29 is 19.6 Å². The molecule has 2 rings (SSSR count). The molecule has 1 aromatic rings. The van der Waals surface area contributed by atoms with Crippen LogP contribution in [-0.2, 0) is 4.74 Å². The van der Waals surface area contributed by atoms with Crippen molar-refractivity contribution in [2.75, 3.05) is 20.2 Å². The van der Waals surface area contributed by atoms with Crippen LogP contribution in [0.1, 0.15) is 37.0 Å². The zero-order valence-corrected chi connectivity index (χ0v) is 14.4. The Bertz CT molecular complexity index is 510. The van der Waals surface area contributed by atoms with Crippen LogP contribution in [0.3, 0.4) is 0 Å². The number of benzene rings is 1. The molecule has 0 spiro atoms. The van der Waals surface area contributed by atoms with Crippen LogP contribution < -0.4 is 10.1 Å². The Morgan fingerprint density at radius 1 is 1.33 bits per heavy atom. The molecule has 21 heavy (non-hydrogen) atoms. The molecule has 4 nitrogen and oxygen atoms in total. The first-order chi connectivity index (χ1) is 9.94. The molecule has 1 aromatic carbocycles. The zero-order chi connectivity index (χ0) is 15.5. The Morgan fingerprint density at radius 2 is 2.00 bits per heavy atom. The van der Waals surface area contributed by atoms with Crippen LogP contribution >= 0.6 is 15.9 Å². The van der Waals surface area contributed by atoms with Gasteiger partial charge in [0, 0.05) is 23.2 Å². The van der Waals surface area contributed by atoms with E-state index in [1.165, 1.54) is 0 Å². The second-order valence-electron chi connectivity index (χ2n) is 5.98. The predicted octanol–water partition coefficient (Wildman–Crippen LogP) is 2.37. The first-order valence-electron chi connectivity index (χ1n) is 7.32. The highest BCUT2D eigenvalue weighted by molar-refractivity contribution is 9.10. The summed E-state index contributed by atoms with van der Waals surface area (Å²) in [6.45, 7) is 6.22. The summed E-state index contributed by atoms with van der Waals surface area (Å²) in [7, 11) is 1.56. The molecule has 1 heterocycles. The molecule has 0 aromatic heterocycles. The van der Waals surface area contributed by atoms with E-state index >= 15 is 0 Å². The Balaban J connectivity index is 2.14. The maximum absolute atomic E-state index is 12.5. The lowest BCUT2D eigenvalue weighted by atomic mass is 9.83. The van der Waals surface area contributed by atoms with Gasteiger partial charge in [-0.3, -0.25) is 0 Å². The third-order valence-electron chi connectivity index (χ3n) is 4.16. The number of nitrogens with two attached hydrogens (primary N) is 1. The van der Waals surface area contributed by atoms with Gasteiger partial charge in [-0.15, -0.1) is 0 Å². The highest BCUT2D eigenvalue weighted by Gasteiger charge is 2.36. The number of carbonyl (C=O) groups excluding carboxylic acids is 1. The van der Waals surface area contributed by atoms with Gasteiger partial charge in [-0.25, -0.2) is 4.79 Å². The average Bonchev–Trinajstić information content (AvgIpc) is 2.47. The van der Waals surface area contributed by atoms with Gasteiger partial charge in [0.15, 0.2) is 0 Å². The molecule has 116 valence electrons. The van der Waals surface area contributed by atoms with Crippen LogP contribution in [-0.4, -0.2) is 31.8 Å². The Morgan fingerprint density at radius 3 is 2.62 bits per heavy atom. The van der Waals surface area contributed by atoms with Gasteiger partial charge in [-0.1, -0.05) is 15.9 Å². The number of piperidine rings is 1. The normalized spacial score (nSPS) is 16.6. The molecule has 0 saturated carbocycles. The summed E-state index contributed by atoms with van der Waals surface area (Å²) < 4.78 is 11.9. The molecule has 0 radical (unpaired) electrons. The number of ether oxygens (including phenoxy) is 2. The molecule has 1 aliphatic rings. The van der Waals surface area contributed by atoms with E-state index in [2.05, 4.69) is 21.2 Å². The summed E-state index contributed by atoms with van der Waals surface area (Å²) in [4.78, 5) is 12.5. The van der Waals surface area contributed by atoms with Gasteiger partial charge < -0.3 is 14.8 Å². The van der Waals surface area contributed by atoms with Crippen LogP contribution in [0.4, 0.5) is 0 Å². The SMILES string of the molecule is COc1ccc(Br)cc1C(=O)OC(C)(C)C1CC[NH2+]CC1. The van der Waals surface area contributed by atoms with Crippen LogP contribution in [0.15, 0.2) is 22.7 Å². The minimum atomic E-state index is -0.460. The number of esters is 1. The van der Waals surface area contributed by atoms with E-state index in [9.17, 15) is 4.79 Å². The number of rotatable bonds is 4. The summed E-state index contributed by atoms with van der Waals surface area (Å²) in [6.07, 6.45) is 2.16. The quantitative estimate of drug-likeness (QED) is 0.842. The topological polar surface area (TPSA) is 52.1 Å². The lowest BCUT2D eigenvalue weighted by Crippen LogP contribution is -2.86. The van der Waals surface area contributed by atoms with E-state index in [0.717, 1.165) is 30.4 Å². The fourth-order valence-corrected chi connectivity index (χ4v) is 3.20. The highest BCUT2D eigenvalue weighted by atomic mass is 79.9. The fraction of sp³-hybridized carbons (Fsp3) is 0.562. The van der Waals surface area contributed by atoms with E-state index < -0.39 is 5.60 Å². The molecule has 1 aliphatic heterocycles. The van der Waals surface area contributed by atoms with Crippen LogP contribution in [0, 0.1) is 5.92 Å². The number of methoxy groups -OCH3 is 1. The monoisotopic (exact) mass is 356 g/mol. The fourth-order valence-electron chi connectivity index (χ4n) is 2.84. The largest absolute Gasteiger partial charge is 0.496 e. The van der Waals surface area contributed by atoms with E-state index in [1.54, 1.807) is 19.2 Å². The lowest BCUT2D eigenvalue weighted by molar-refractivity contribution is -0.665. The molecule has 2 N–H and O–H groups in total. The van der Waals surface area contributed by atoms with E-state index in [4.69, 9.17) is 9.47 Å². The van der Waals surface area contributed by atoms with E-state index in [-0.39, 0.29) is 5.97 Å². The molecule has 0 unspecified atom stereocenters. The minimum absolute atomic E-state index is 0.326. The van der Waals surface area contributed by atoms with E-state index in [1.807, 2.05) is 19.9 Å². The first-order valence-corrected chi connectivity index (χ1v) is 8.12. The molecule has 5 heteroatoms. The number of quaternary nitrogens is 1. The number of halogens is 1. The van der Waals surface area contributed by atoms with Gasteiger partial charge in [-0.05, 0) is 32.0 Å². The van der Waals surface area contributed by atoms with Crippen molar-refractivity contribution in [2.45, 2.75) is 32.3 Å². The average molecular weight is 357 g/mol. The van der Waals surface area contributed by atoms with Crippen LogP contribution in [0.25, 0.3) is 0 Å². The Kier molecular flexibility index (Phi) is 5.27. The summed E-state index contributed by atoms with van der Waals surface area (Å²) in [6, 6.07) is 5.35. The van der Waals surface area contributed by atoms with Crippen molar-refractivity contribution in [3.05, 3.63) is 28.2 Å². The summed E-state index contributed by atoms with van der Waals surface area (Å²) in [5.74, 6) is 0.619. The lowest BCUT2D eigenvalue weighted by Gasteiger charge is -2.35. The second kappa shape index (κ2) is 6.79. The molecule has 0 amide bonds. The molecular weight excluding hydrogens is 334 g/mol. The predicted molar refractivity (Wildman–Crippen MR) is 84.6 cm³/mol. The molecule has 0 bridgehead atoms. The Labute approximate surface area is 134 Å². The number of hydrogen-bond donors (Lipinski definition) is 1. The van der Waals surface area contributed by atoms with Crippen molar-refractivity contribution in [1.29, 1.82) is 0 Å². The zero-order valence-electron chi connectivity index (χ0n) is 12.8. The highest BCUT2D eigenvalue weighted by Crippen LogP contribution is 2.31. The van der Waals surface area contributed by atoms with Gasteiger partial charge in [0.2, 0.25) is 0 Å². The van der Waals surface area contributed by atoms with E-state index in [0.29, 0.717) is 17.2 Å². The Hall–Kier alpha value is -1.07. The number of hydrogen-bond acceptors (Lipinski definition) is 3. The second-order valence-corrected chi connectivity index (χ2v) is 6.89. The van der Waals surface area contributed by atoms with Gasteiger partial charge in [-0.2, -0.15) is 0 Å². The van der Waals surface area contributed by atoms with Gasteiger partial charge in [0.25, 0.3) is 0 Å². The molecular formula is C16H23BrNO3+. The molecule has 0 aliphatic carbocycles. The molecule has 1 saturated heterocycles. The first kappa shape index (κ1) is 16.3. The van der Waals surface area contributed by atoms with Gasteiger partial charge in [0.1, 0.15) is 16.9 Å². The van der Waals surface area contributed by atoms with Crippen molar-refractivity contribution in [2.24, 2.45) is 5.92 Å². The van der Waals surface area contributed by atoms with Crippen LogP contribution in [0.2, 0.25) is 0 Å². The summed E-state index contributed by atoms with van der Waals surface area (Å²) in [5.41, 5.74) is 0.000833. The smallest absolute Gasteiger partial charge is 0.342 e. The van der Waals surface area contributed by atoms with Crippen molar-refractivity contribution >= 4 is 21.9 Å². The van der Waals surface area contributed by atoms with Gasteiger partial charge >= 0.3 is 5.97 Å².